The summed E-state index contributed by atoms with van der Waals surface area (Å²) in [4.78, 5) is 33.5. The van der Waals surface area contributed by atoms with Crippen LogP contribution in [0, 0.1) is 35.9 Å². The predicted octanol–water partition coefficient (Wildman–Crippen LogP) is 4.39. The number of para-hydroxylation sites is 1. The van der Waals surface area contributed by atoms with E-state index in [0.717, 1.165) is 24.8 Å². The van der Waals surface area contributed by atoms with E-state index in [1.165, 1.54) is 30.2 Å². The van der Waals surface area contributed by atoms with Crippen LogP contribution >= 0.6 is 0 Å². The molecule has 0 radical (unpaired) electrons. The molecule has 4 aliphatic carbocycles. The van der Waals surface area contributed by atoms with Gasteiger partial charge in [-0.3, -0.25) is 14.6 Å². The molecule has 4 saturated carbocycles. The summed E-state index contributed by atoms with van der Waals surface area (Å²) in [5.74, 6) is 1.23. The first-order chi connectivity index (χ1) is 16.3. The van der Waals surface area contributed by atoms with Crippen LogP contribution in [0.2, 0.25) is 0 Å². The molecule has 5 nitrogen and oxygen atoms in total. The molecule has 1 amide bonds. The number of carbonyl (C=O) groups excluding carboxylic acids is 2. The zero-order valence-electron chi connectivity index (χ0n) is 19.5. The average Bonchev–Trinajstić information content (AvgIpc) is 2.89. The maximum absolute atomic E-state index is 14.8. The molecule has 4 bridgehead atoms. The van der Waals surface area contributed by atoms with Crippen molar-refractivity contribution in [1.82, 2.24) is 0 Å². The monoisotopic (exact) mass is 459 g/mol. The second-order valence-corrected chi connectivity index (χ2v) is 10.9. The number of ketones is 1. The van der Waals surface area contributed by atoms with Crippen molar-refractivity contribution in [1.29, 1.82) is 0 Å². The van der Waals surface area contributed by atoms with E-state index in [4.69, 9.17) is 5.73 Å². The Bertz CT molecular complexity index is 1180. The molecule has 1 aliphatic heterocycles. The van der Waals surface area contributed by atoms with Gasteiger partial charge in [0.2, 0.25) is 0 Å². The Morgan fingerprint density at radius 1 is 1.03 bits per heavy atom. The van der Waals surface area contributed by atoms with Gasteiger partial charge in [-0.1, -0.05) is 30.3 Å². The fourth-order valence-electron chi connectivity index (χ4n) is 7.53. The number of aliphatic imine (C=N–C) groups is 1. The van der Waals surface area contributed by atoms with Crippen molar-refractivity contribution in [2.75, 3.05) is 11.4 Å². The fraction of sp³-hybridized carbons (Fsp3) is 0.464. The first-order valence-corrected chi connectivity index (χ1v) is 12.4. The fourth-order valence-corrected chi connectivity index (χ4v) is 7.53. The van der Waals surface area contributed by atoms with Gasteiger partial charge < -0.3 is 10.6 Å². The lowest BCUT2D eigenvalue weighted by molar-refractivity contribution is -0.143. The molecule has 1 unspecified atom stereocenters. The van der Waals surface area contributed by atoms with Gasteiger partial charge in [0.15, 0.2) is 11.9 Å². The number of nitrogens with zero attached hydrogens (tertiary/aromatic N) is 2. The predicted molar refractivity (Wildman–Crippen MR) is 129 cm³/mol. The molecular formula is C28H30FN3O2. The van der Waals surface area contributed by atoms with Crippen LogP contribution in [0.1, 0.15) is 55.2 Å². The highest BCUT2D eigenvalue weighted by molar-refractivity contribution is 6.21. The summed E-state index contributed by atoms with van der Waals surface area (Å²) in [6, 6.07) is 12.0. The third-order valence-electron chi connectivity index (χ3n) is 8.61. The van der Waals surface area contributed by atoms with Gasteiger partial charge in [-0.2, -0.15) is 0 Å². The third-order valence-corrected chi connectivity index (χ3v) is 8.61. The van der Waals surface area contributed by atoms with E-state index in [1.54, 1.807) is 18.2 Å². The zero-order chi connectivity index (χ0) is 23.6. The van der Waals surface area contributed by atoms with Gasteiger partial charge in [0.05, 0.1) is 17.9 Å². The molecule has 34 heavy (non-hydrogen) atoms. The molecule has 7 rings (SSSR count). The first kappa shape index (κ1) is 21.7. The number of fused-ring (bicyclic) bond motifs is 1. The lowest BCUT2D eigenvalue weighted by Crippen LogP contribution is -2.54. The van der Waals surface area contributed by atoms with E-state index in [9.17, 15) is 14.0 Å². The van der Waals surface area contributed by atoms with Crippen LogP contribution in [0.4, 0.5) is 10.1 Å². The van der Waals surface area contributed by atoms with E-state index >= 15 is 0 Å². The normalized spacial score (nSPS) is 31.8. The summed E-state index contributed by atoms with van der Waals surface area (Å²) in [6.07, 6.45) is 5.40. The van der Waals surface area contributed by atoms with Gasteiger partial charge in [-0.15, -0.1) is 0 Å². The Morgan fingerprint density at radius 2 is 1.65 bits per heavy atom. The Labute approximate surface area is 199 Å². The number of benzene rings is 2. The van der Waals surface area contributed by atoms with Crippen molar-refractivity contribution < 1.29 is 14.0 Å². The first-order valence-electron chi connectivity index (χ1n) is 12.4. The molecule has 5 aliphatic rings. The van der Waals surface area contributed by atoms with Crippen molar-refractivity contribution in [3.8, 4) is 0 Å². The highest BCUT2D eigenvalue weighted by Crippen LogP contribution is 2.60. The molecule has 2 N–H and O–H groups in total. The summed E-state index contributed by atoms with van der Waals surface area (Å²) in [5, 5.41) is 0. The zero-order valence-corrected chi connectivity index (χ0v) is 19.5. The number of Topliss-reactive ketones (excluding diaryl/α,β-unsaturated/α-hetero) is 1. The smallest absolute Gasteiger partial charge is 0.266 e. The van der Waals surface area contributed by atoms with Crippen LogP contribution in [0.15, 0.2) is 47.5 Å². The van der Waals surface area contributed by atoms with Crippen LogP contribution in [0.3, 0.4) is 0 Å². The number of hydrogen-bond acceptors (Lipinski definition) is 4. The van der Waals surface area contributed by atoms with Crippen LogP contribution in [0.5, 0.6) is 0 Å². The number of aryl methyl sites for hydroxylation is 1. The summed E-state index contributed by atoms with van der Waals surface area (Å²) in [5.41, 5.74) is 8.65. The molecule has 0 saturated heterocycles. The summed E-state index contributed by atoms with van der Waals surface area (Å²) in [7, 11) is 0. The summed E-state index contributed by atoms with van der Waals surface area (Å²) < 4.78 is 14.8. The van der Waals surface area contributed by atoms with Gasteiger partial charge in [-0.25, -0.2) is 4.39 Å². The highest BCUT2D eigenvalue weighted by Gasteiger charge is 2.54. The van der Waals surface area contributed by atoms with Gasteiger partial charge in [0, 0.05) is 16.5 Å². The largest absolute Gasteiger partial charge is 0.302 e. The average molecular weight is 460 g/mol. The number of carbonyl (C=O) groups is 2. The van der Waals surface area contributed by atoms with Gasteiger partial charge in [0.1, 0.15) is 5.82 Å². The maximum atomic E-state index is 14.8. The van der Waals surface area contributed by atoms with E-state index in [0.29, 0.717) is 40.3 Å². The number of rotatable bonds is 4. The molecule has 4 fully saturated rings. The molecule has 2 aromatic carbocycles. The minimum Gasteiger partial charge on any atom is -0.302 e. The molecule has 0 aromatic heterocycles. The van der Waals surface area contributed by atoms with Crippen LogP contribution in [-0.4, -0.2) is 30.1 Å². The van der Waals surface area contributed by atoms with Crippen LogP contribution in [0.25, 0.3) is 0 Å². The SMILES string of the molecule is Cc1cccc2c1N(CC(=O)C13CC4CC(CC(C4)C1)C3)C(=O)C(N)N=C2c1ccccc1F. The van der Waals surface area contributed by atoms with E-state index in [1.807, 2.05) is 25.1 Å². The minimum absolute atomic E-state index is 0.00335. The number of anilines is 1. The van der Waals surface area contributed by atoms with Crippen molar-refractivity contribution in [3.63, 3.8) is 0 Å². The van der Waals surface area contributed by atoms with E-state index in [-0.39, 0.29) is 17.7 Å². The minimum atomic E-state index is -1.20. The van der Waals surface area contributed by atoms with Crippen molar-refractivity contribution >= 4 is 23.1 Å². The Kier molecular flexibility index (Phi) is 4.99. The van der Waals surface area contributed by atoms with Crippen molar-refractivity contribution in [2.24, 2.45) is 33.9 Å². The molecule has 2 aromatic rings. The number of hydrogen-bond donors (Lipinski definition) is 1. The van der Waals surface area contributed by atoms with Gasteiger partial charge >= 0.3 is 0 Å². The summed E-state index contributed by atoms with van der Waals surface area (Å²) in [6.45, 7) is 1.90. The van der Waals surface area contributed by atoms with Gasteiger partial charge in [-0.05, 0) is 80.9 Å². The lowest BCUT2D eigenvalue weighted by atomic mass is 9.48. The summed E-state index contributed by atoms with van der Waals surface area (Å²) >= 11 is 0. The molecule has 1 heterocycles. The van der Waals surface area contributed by atoms with Crippen LogP contribution in [-0.2, 0) is 9.59 Å². The second-order valence-electron chi connectivity index (χ2n) is 10.9. The molecule has 176 valence electrons. The number of halogens is 1. The molecule has 1 atom stereocenters. The topological polar surface area (TPSA) is 75.8 Å². The van der Waals surface area contributed by atoms with E-state index in [2.05, 4.69) is 4.99 Å². The van der Waals surface area contributed by atoms with Gasteiger partial charge in [0.25, 0.3) is 5.91 Å². The highest BCUT2D eigenvalue weighted by atomic mass is 19.1. The van der Waals surface area contributed by atoms with Crippen LogP contribution < -0.4 is 10.6 Å². The standard InChI is InChI=1S/C28H30FN3O2/c1-16-5-4-7-21-24(20-6-2-3-8-22(20)29)31-26(30)27(34)32(25(16)21)15-23(33)28-12-17-9-18(13-28)11-19(10-17)14-28/h2-8,17-19,26H,9-15,30H2,1H3. The lowest BCUT2D eigenvalue weighted by Gasteiger charge is -2.56. The molecule has 6 heteroatoms. The van der Waals surface area contributed by atoms with E-state index < -0.39 is 17.9 Å². The second kappa shape index (κ2) is 7.84. The number of benzodiazepines with no additional fused rings is 1. The Hall–Kier alpha value is -2.86. The Morgan fingerprint density at radius 3 is 2.29 bits per heavy atom. The van der Waals surface area contributed by atoms with Crippen molar-refractivity contribution in [2.45, 2.75) is 51.6 Å². The third kappa shape index (κ3) is 3.34. The quantitative estimate of drug-likeness (QED) is 0.737. The molecular weight excluding hydrogens is 429 g/mol. The Balaban J connectivity index is 1.41. The number of nitrogens with two attached hydrogens (primary N) is 1. The maximum Gasteiger partial charge on any atom is 0.266 e. The number of amides is 1. The molecule has 0 spiro atoms. The van der Waals surface area contributed by atoms with Crippen molar-refractivity contribution in [3.05, 3.63) is 65.0 Å².